The van der Waals surface area contributed by atoms with Crippen LogP contribution in [0.3, 0.4) is 0 Å². The van der Waals surface area contributed by atoms with Crippen LogP contribution in [0.5, 0.6) is 0 Å². The normalized spacial score (nSPS) is 12.6. The van der Waals surface area contributed by atoms with Crippen molar-refractivity contribution in [2.45, 2.75) is 19.4 Å². The van der Waals surface area contributed by atoms with Crippen molar-refractivity contribution in [3.8, 4) is 0 Å². The van der Waals surface area contributed by atoms with Gasteiger partial charge in [0.2, 0.25) is 0 Å². The summed E-state index contributed by atoms with van der Waals surface area (Å²) in [7, 11) is 1.71. The molecule has 0 aliphatic heterocycles. The quantitative estimate of drug-likeness (QED) is 0.881. The van der Waals surface area contributed by atoms with Crippen LogP contribution in [-0.2, 0) is 11.2 Å². The fraction of sp³-hybridized carbons (Fsp3) is 0.333. The van der Waals surface area contributed by atoms with E-state index in [1.54, 1.807) is 13.4 Å². The van der Waals surface area contributed by atoms with Crippen molar-refractivity contribution in [1.29, 1.82) is 0 Å². The van der Waals surface area contributed by atoms with E-state index in [0.717, 1.165) is 29.9 Å². The summed E-state index contributed by atoms with van der Waals surface area (Å²) in [6.07, 6.45) is 2.65. The third-order valence-electron chi connectivity index (χ3n) is 3.04. The van der Waals surface area contributed by atoms with Crippen LogP contribution in [0.15, 0.2) is 41.0 Å². The lowest BCUT2D eigenvalue weighted by Crippen LogP contribution is -2.10. The van der Waals surface area contributed by atoms with Crippen molar-refractivity contribution < 1.29 is 9.15 Å². The third kappa shape index (κ3) is 3.00. The molecule has 96 valence electrons. The Labute approximate surface area is 108 Å². The van der Waals surface area contributed by atoms with E-state index in [9.17, 15) is 0 Å². The van der Waals surface area contributed by atoms with Crippen LogP contribution >= 0.6 is 0 Å². The summed E-state index contributed by atoms with van der Waals surface area (Å²) >= 11 is 0. The highest BCUT2D eigenvalue weighted by Gasteiger charge is 2.11. The minimum Gasteiger partial charge on any atom is -0.469 e. The lowest BCUT2D eigenvalue weighted by molar-refractivity contribution is 0.202. The summed E-state index contributed by atoms with van der Waals surface area (Å²) in [5.74, 6) is 0.886. The van der Waals surface area contributed by atoms with E-state index in [1.807, 2.05) is 13.0 Å². The molecule has 0 saturated carbocycles. The molecular formula is C15H19NO2. The Balaban J connectivity index is 2.09. The highest BCUT2D eigenvalue weighted by molar-refractivity contribution is 5.32. The molecule has 0 bridgehead atoms. The summed E-state index contributed by atoms with van der Waals surface area (Å²) in [6.45, 7) is 2.66. The van der Waals surface area contributed by atoms with E-state index in [-0.39, 0.29) is 6.04 Å². The number of benzene rings is 1. The molecule has 0 aliphatic rings. The van der Waals surface area contributed by atoms with E-state index in [0.29, 0.717) is 0 Å². The molecule has 0 fully saturated rings. The summed E-state index contributed by atoms with van der Waals surface area (Å²) in [5, 5.41) is 0. The van der Waals surface area contributed by atoms with Crippen LogP contribution in [0.4, 0.5) is 0 Å². The van der Waals surface area contributed by atoms with E-state index >= 15 is 0 Å². The molecule has 2 rings (SSSR count). The van der Waals surface area contributed by atoms with E-state index in [4.69, 9.17) is 14.9 Å². The molecule has 0 amide bonds. The van der Waals surface area contributed by atoms with Gasteiger partial charge in [0.05, 0.1) is 18.9 Å². The maximum absolute atomic E-state index is 6.20. The molecule has 3 heteroatoms. The van der Waals surface area contributed by atoms with Gasteiger partial charge in [0.1, 0.15) is 5.76 Å². The van der Waals surface area contributed by atoms with Gasteiger partial charge in [0, 0.05) is 12.7 Å². The summed E-state index contributed by atoms with van der Waals surface area (Å²) < 4.78 is 10.3. The zero-order chi connectivity index (χ0) is 13.0. The molecule has 1 aromatic heterocycles. The van der Waals surface area contributed by atoms with E-state index in [2.05, 4.69) is 24.3 Å². The van der Waals surface area contributed by atoms with Crippen LogP contribution in [0, 0.1) is 6.92 Å². The summed E-state index contributed by atoms with van der Waals surface area (Å²) in [4.78, 5) is 0. The summed E-state index contributed by atoms with van der Waals surface area (Å²) in [6, 6.07) is 10.2. The molecule has 0 spiro atoms. The number of hydrogen-bond acceptors (Lipinski definition) is 3. The van der Waals surface area contributed by atoms with Crippen molar-refractivity contribution >= 4 is 0 Å². The van der Waals surface area contributed by atoms with Gasteiger partial charge >= 0.3 is 0 Å². The number of methoxy groups -OCH3 is 1. The lowest BCUT2D eigenvalue weighted by atomic mass is 10.00. The molecule has 0 saturated heterocycles. The predicted octanol–water partition coefficient (Wildman–Crippen LogP) is 2.83. The van der Waals surface area contributed by atoms with Crippen LogP contribution in [0.2, 0.25) is 0 Å². The van der Waals surface area contributed by atoms with Gasteiger partial charge in [-0.3, -0.25) is 0 Å². The summed E-state index contributed by atoms with van der Waals surface area (Å²) in [5.41, 5.74) is 9.56. The molecule has 0 aliphatic carbocycles. The maximum atomic E-state index is 6.20. The zero-order valence-corrected chi connectivity index (χ0v) is 10.8. The first-order valence-corrected chi connectivity index (χ1v) is 6.09. The van der Waals surface area contributed by atoms with Crippen LogP contribution in [0.1, 0.15) is 28.5 Å². The topological polar surface area (TPSA) is 48.4 Å². The van der Waals surface area contributed by atoms with Crippen molar-refractivity contribution in [3.05, 3.63) is 59.0 Å². The van der Waals surface area contributed by atoms with Gasteiger partial charge in [0.15, 0.2) is 0 Å². The molecule has 1 atom stereocenters. The first-order chi connectivity index (χ1) is 8.70. The average molecular weight is 245 g/mol. The van der Waals surface area contributed by atoms with Crippen molar-refractivity contribution in [2.75, 3.05) is 13.7 Å². The first kappa shape index (κ1) is 12.9. The van der Waals surface area contributed by atoms with Crippen LogP contribution in [-0.4, -0.2) is 13.7 Å². The largest absolute Gasteiger partial charge is 0.469 e. The van der Waals surface area contributed by atoms with E-state index in [1.165, 1.54) is 5.56 Å². The smallest absolute Gasteiger partial charge is 0.101 e. The molecule has 1 aromatic carbocycles. The Morgan fingerprint density at radius 1 is 1.22 bits per heavy atom. The van der Waals surface area contributed by atoms with Gasteiger partial charge in [-0.25, -0.2) is 0 Å². The Kier molecular flexibility index (Phi) is 4.18. The lowest BCUT2D eigenvalue weighted by Gasteiger charge is -2.10. The number of hydrogen-bond donors (Lipinski definition) is 1. The minimum absolute atomic E-state index is 0.126. The van der Waals surface area contributed by atoms with Crippen molar-refractivity contribution in [1.82, 2.24) is 0 Å². The average Bonchev–Trinajstić information content (AvgIpc) is 2.83. The molecule has 1 unspecified atom stereocenters. The molecule has 3 nitrogen and oxygen atoms in total. The third-order valence-corrected chi connectivity index (χ3v) is 3.04. The molecule has 0 radical (unpaired) electrons. The SMILES string of the molecule is COCCc1ccc(C(N)c2coc(C)c2)cc1. The second-order valence-electron chi connectivity index (χ2n) is 4.45. The van der Waals surface area contributed by atoms with Gasteiger partial charge in [-0.05, 0) is 30.5 Å². The van der Waals surface area contributed by atoms with Gasteiger partial charge in [-0.15, -0.1) is 0 Å². The first-order valence-electron chi connectivity index (χ1n) is 6.09. The minimum atomic E-state index is -0.126. The molecule has 18 heavy (non-hydrogen) atoms. The maximum Gasteiger partial charge on any atom is 0.101 e. The van der Waals surface area contributed by atoms with Gasteiger partial charge in [0.25, 0.3) is 0 Å². The second kappa shape index (κ2) is 5.85. The zero-order valence-electron chi connectivity index (χ0n) is 10.8. The van der Waals surface area contributed by atoms with E-state index < -0.39 is 0 Å². The van der Waals surface area contributed by atoms with Crippen molar-refractivity contribution in [3.63, 3.8) is 0 Å². The second-order valence-corrected chi connectivity index (χ2v) is 4.45. The molecule has 2 aromatic rings. The van der Waals surface area contributed by atoms with Crippen molar-refractivity contribution in [2.24, 2.45) is 5.73 Å². The fourth-order valence-electron chi connectivity index (χ4n) is 1.93. The standard InChI is InChI=1S/C15H19NO2/c1-11-9-14(10-18-11)15(16)13-5-3-12(4-6-13)7-8-17-2/h3-6,9-10,15H,7-8,16H2,1-2H3. The molecule has 1 heterocycles. The number of aryl methyl sites for hydroxylation is 1. The predicted molar refractivity (Wildman–Crippen MR) is 71.5 cm³/mol. The molecule has 2 N–H and O–H groups in total. The Morgan fingerprint density at radius 2 is 1.94 bits per heavy atom. The number of rotatable bonds is 5. The highest BCUT2D eigenvalue weighted by Crippen LogP contribution is 2.21. The Hall–Kier alpha value is -1.58. The van der Waals surface area contributed by atoms with Gasteiger partial charge in [-0.2, -0.15) is 0 Å². The highest BCUT2D eigenvalue weighted by atomic mass is 16.5. The van der Waals surface area contributed by atoms with Gasteiger partial charge < -0.3 is 14.9 Å². The van der Waals surface area contributed by atoms with Crippen LogP contribution in [0.25, 0.3) is 0 Å². The monoisotopic (exact) mass is 245 g/mol. The number of furan rings is 1. The fourth-order valence-corrected chi connectivity index (χ4v) is 1.93. The molecular weight excluding hydrogens is 226 g/mol. The Morgan fingerprint density at radius 3 is 2.50 bits per heavy atom. The van der Waals surface area contributed by atoms with Gasteiger partial charge in [-0.1, -0.05) is 24.3 Å². The Bertz CT molecular complexity index is 487. The van der Waals surface area contributed by atoms with Crippen LogP contribution < -0.4 is 5.73 Å². The number of ether oxygens (including phenoxy) is 1. The number of nitrogens with two attached hydrogens (primary N) is 1.